The molecule has 2 aromatic carbocycles. The van der Waals surface area contributed by atoms with Gasteiger partial charge in [0.25, 0.3) is 0 Å². The average molecular weight is 312 g/mol. The van der Waals surface area contributed by atoms with Gasteiger partial charge in [-0.05, 0) is 56.7 Å². The molecule has 0 amide bonds. The summed E-state index contributed by atoms with van der Waals surface area (Å²) in [6.07, 6.45) is 0.688. The number of para-hydroxylation sites is 1. The van der Waals surface area contributed by atoms with Crippen LogP contribution in [0.3, 0.4) is 0 Å². The van der Waals surface area contributed by atoms with Gasteiger partial charge in [0.1, 0.15) is 11.5 Å². The number of benzene rings is 2. The highest BCUT2D eigenvalue weighted by molar-refractivity contribution is 5.91. The predicted molar refractivity (Wildman–Crippen MR) is 87.5 cm³/mol. The molecule has 2 aromatic rings. The highest BCUT2D eigenvalue weighted by atomic mass is 16.5. The van der Waals surface area contributed by atoms with Gasteiger partial charge in [-0.15, -0.1) is 0 Å². The summed E-state index contributed by atoms with van der Waals surface area (Å²) in [6, 6.07) is 15.2. The Hall–Kier alpha value is -2.62. The van der Waals surface area contributed by atoms with E-state index >= 15 is 0 Å². The number of carbonyl (C=O) groups excluding carboxylic acids is 2. The molecule has 0 bridgehead atoms. The predicted octanol–water partition coefficient (Wildman–Crippen LogP) is 4.25. The lowest BCUT2D eigenvalue weighted by Crippen LogP contribution is -2.28. The van der Waals surface area contributed by atoms with Crippen LogP contribution in [-0.2, 0) is 4.79 Å². The first-order valence-corrected chi connectivity index (χ1v) is 7.52. The lowest BCUT2D eigenvalue weighted by molar-refractivity contribution is -0.144. The van der Waals surface area contributed by atoms with Gasteiger partial charge in [0, 0.05) is 0 Å². The van der Waals surface area contributed by atoms with Crippen molar-refractivity contribution in [3.63, 3.8) is 0 Å². The van der Waals surface area contributed by atoms with E-state index in [2.05, 4.69) is 0 Å². The molecule has 120 valence electrons. The highest BCUT2D eigenvalue weighted by Gasteiger charge is 2.27. The van der Waals surface area contributed by atoms with Crippen LogP contribution in [0.1, 0.15) is 37.6 Å². The molecule has 0 aliphatic carbocycles. The number of ether oxygens (including phenoxy) is 2. The third-order valence-electron chi connectivity index (χ3n) is 3.69. The van der Waals surface area contributed by atoms with Crippen LogP contribution in [0.4, 0.5) is 0 Å². The topological polar surface area (TPSA) is 52.6 Å². The van der Waals surface area contributed by atoms with E-state index in [4.69, 9.17) is 9.47 Å². The van der Waals surface area contributed by atoms with Crippen molar-refractivity contribution in [2.75, 3.05) is 0 Å². The van der Waals surface area contributed by atoms with Crippen LogP contribution in [-0.4, -0.2) is 11.9 Å². The third kappa shape index (κ3) is 4.42. The molecule has 23 heavy (non-hydrogen) atoms. The number of hydrogen-bond acceptors (Lipinski definition) is 4. The second kappa shape index (κ2) is 7.09. The fourth-order valence-electron chi connectivity index (χ4n) is 1.70. The summed E-state index contributed by atoms with van der Waals surface area (Å²) >= 11 is 0. The molecule has 0 aliphatic heterocycles. The van der Waals surface area contributed by atoms with E-state index < -0.39 is 11.4 Å². The lowest BCUT2D eigenvalue weighted by atomic mass is 9.91. The molecule has 0 atom stereocenters. The quantitative estimate of drug-likeness (QED) is 0.612. The molecule has 0 saturated carbocycles. The maximum absolute atomic E-state index is 12.0. The van der Waals surface area contributed by atoms with Crippen LogP contribution in [0, 0.1) is 5.41 Å². The molecule has 0 N–H and O–H groups in total. The maximum Gasteiger partial charge on any atom is 0.343 e. The Bertz CT molecular complexity index is 672. The van der Waals surface area contributed by atoms with Gasteiger partial charge in [-0.3, -0.25) is 4.79 Å². The molecule has 0 radical (unpaired) electrons. The second-order valence-corrected chi connectivity index (χ2v) is 5.85. The molecular formula is C19H20O4. The van der Waals surface area contributed by atoms with Crippen molar-refractivity contribution < 1.29 is 19.1 Å². The van der Waals surface area contributed by atoms with Crippen LogP contribution >= 0.6 is 0 Å². The summed E-state index contributed by atoms with van der Waals surface area (Å²) in [5.41, 5.74) is -0.145. The fraction of sp³-hybridized carbons (Fsp3) is 0.263. The van der Waals surface area contributed by atoms with Crippen LogP contribution in [0.15, 0.2) is 54.6 Å². The van der Waals surface area contributed by atoms with Crippen molar-refractivity contribution in [1.82, 2.24) is 0 Å². The number of hydrogen-bond donors (Lipinski definition) is 0. The van der Waals surface area contributed by atoms with E-state index in [9.17, 15) is 9.59 Å². The summed E-state index contributed by atoms with van der Waals surface area (Å²) in [4.78, 5) is 24.0. The van der Waals surface area contributed by atoms with Crippen LogP contribution in [0.25, 0.3) is 0 Å². The average Bonchev–Trinajstić information content (AvgIpc) is 2.56. The normalized spacial score (nSPS) is 10.9. The smallest absolute Gasteiger partial charge is 0.343 e. The Balaban J connectivity index is 2.02. The minimum absolute atomic E-state index is 0.292. The zero-order valence-electron chi connectivity index (χ0n) is 13.5. The van der Waals surface area contributed by atoms with Gasteiger partial charge in [0.05, 0.1) is 11.0 Å². The van der Waals surface area contributed by atoms with Crippen molar-refractivity contribution >= 4 is 11.9 Å². The number of carbonyl (C=O) groups is 2. The van der Waals surface area contributed by atoms with Crippen LogP contribution in [0.5, 0.6) is 11.5 Å². The summed E-state index contributed by atoms with van der Waals surface area (Å²) < 4.78 is 10.6. The van der Waals surface area contributed by atoms with Crippen molar-refractivity contribution in [3.05, 3.63) is 60.2 Å². The molecule has 0 aromatic heterocycles. The zero-order chi connectivity index (χ0) is 16.9. The summed E-state index contributed by atoms with van der Waals surface area (Å²) in [7, 11) is 0. The van der Waals surface area contributed by atoms with Gasteiger partial charge >= 0.3 is 11.9 Å². The van der Waals surface area contributed by atoms with Gasteiger partial charge in [0.2, 0.25) is 0 Å². The molecule has 0 fully saturated rings. The first-order valence-electron chi connectivity index (χ1n) is 7.52. The van der Waals surface area contributed by atoms with Crippen molar-refractivity contribution in [2.24, 2.45) is 5.41 Å². The standard InChI is InChI=1S/C19H20O4/c1-4-19(2,3)18(21)23-16-12-10-14(11-13-16)17(20)22-15-8-6-5-7-9-15/h5-13H,4H2,1-3H3. The van der Waals surface area contributed by atoms with Gasteiger partial charge in [-0.25, -0.2) is 4.79 Å². The van der Waals surface area contributed by atoms with Crippen molar-refractivity contribution in [1.29, 1.82) is 0 Å². The molecule has 0 spiro atoms. The first-order chi connectivity index (χ1) is 10.9. The Morgan fingerprint density at radius 2 is 1.43 bits per heavy atom. The van der Waals surface area contributed by atoms with E-state index in [0.717, 1.165) is 0 Å². The molecule has 4 nitrogen and oxygen atoms in total. The highest BCUT2D eigenvalue weighted by Crippen LogP contribution is 2.24. The fourth-order valence-corrected chi connectivity index (χ4v) is 1.70. The van der Waals surface area contributed by atoms with E-state index in [1.807, 2.05) is 26.8 Å². The molecular weight excluding hydrogens is 292 g/mol. The van der Waals surface area contributed by atoms with E-state index in [-0.39, 0.29) is 5.97 Å². The Morgan fingerprint density at radius 3 is 2.00 bits per heavy atom. The lowest BCUT2D eigenvalue weighted by Gasteiger charge is -2.20. The number of esters is 2. The molecule has 2 rings (SSSR count). The zero-order valence-corrected chi connectivity index (χ0v) is 13.5. The monoisotopic (exact) mass is 312 g/mol. The van der Waals surface area contributed by atoms with Crippen LogP contribution in [0.2, 0.25) is 0 Å². The second-order valence-electron chi connectivity index (χ2n) is 5.85. The van der Waals surface area contributed by atoms with Gasteiger partial charge in [-0.2, -0.15) is 0 Å². The van der Waals surface area contributed by atoms with Crippen LogP contribution < -0.4 is 9.47 Å². The maximum atomic E-state index is 12.0. The SMILES string of the molecule is CCC(C)(C)C(=O)Oc1ccc(C(=O)Oc2ccccc2)cc1. The molecule has 0 aliphatic rings. The van der Waals surface area contributed by atoms with Crippen molar-refractivity contribution in [2.45, 2.75) is 27.2 Å². The van der Waals surface area contributed by atoms with Gasteiger partial charge in [-0.1, -0.05) is 25.1 Å². The number of rotatable bonds is 5. The first kappa shape index (κ1) is 16.7. The molecule has 0 saturated heterocycles. The molecule has 0 unspecified atom stereocenters. The molecule has 4 heteroatoms. The van der Waals surface area contributed by atoms with Crippen molar-refractivity contribution in [3.8, 4) is 11.5 Å². The van der Waals surface area contributed by atoms with E-state index in [0.29, 0.717) is 23.5 Å². The third-order valence-corrected chi connectivity index (χ3v) is 3.69. The van der Waals surface area contributed by atoms with E-state index in [1.165, 1.54) is 0 Å². The summed E-state index contributed by atoms with van der Waals surface area (Å²) in [5.74, 6) is 0.146. The van der Waals surface area contributed by atoms with Gasteiger partial charge < -0.3 is 9.47 Å². The minimum atomic E-state index is -0.537. The summed E-state index contributed by atoms with van der Waals surface area (Å²) in [6.45, 7) is 5.60. The Morgan fingerprint density at radius 1 is 0.870 bits per heavy atom. The van der Waals surface area contributed by atoms with E-state index in [1.54, 1.807) is 48.5 Å². The molecule has 0 heterocycles. The minimum Gasteiger partial charge on any atom is -0.426 e. The summed E-state index contributed by atoms with van der Waals surface area (Å²) in [5, 5.41) is 0. The Labute approximate surface area is 136 Å². The Kier molecular flexibility index (Phi) is 5.16. The largest absolute Gasteiger partial charge is 0.426 e. The van der Waals surface area contributed by atoms with Gasteiger partial charge in [0.15, 0.2) is 0 Å².